The van der Waals surface area contributed by atoms with Crippen molar-refractivity contribution in [3.05, 3.63) is 69.8 Å². The van der Waals surface area contributed by atoms with Crippen LogP contribution in [0.4, 0.5) is 5.69 Å². The number of benzene rings is 2. The summed E-state index contributed by atoms with van der Waals surface area (Å²) in [6, 6.07) is 13.9. The van der Waals surface area contributed by atoms with Crippen molar-refractivity contribution in [1.82, 2.24) is 10.9 Å². The van der Waals surface area contributed by atoms with E-state index in [1.54, 1.807) is 19.2 Å². The summed E-state index contributed by atoms with van der Waals surface area (Å²) in [5.74, 6) is 0.282. The third-order valence-electron chi connectivity index (χ3n) is 5.21. The maximum absolute atomic E-state index is 12.1. The molecule has 0 spiro atoms. The Morgan fingerprint density at radius 1 is 1.15 bits per heavy atom. The van der Waals surface area contributed by atoms with Crippen LogP contribution >= 0.6 is 0 Å². The van der Waals surface area contributed by atoms with Crippen molar-refractivity contribution < 1.29 is 19.2 Å². The van der Waals surface area contributed by atoms with E-state index in [9.17, 15) is 14.9 Å². The molecule has 0 amide bonds. The predicted molar refractivity (Wildman–Crippen MR) is 95.8 cm³/mol. The van der Waals surface area contributed by atoms with Gasteiger partial charge in [-0.2, -0.15) is 0 Å². The van der Waals surface area contributed by atoms with Crippen molar-refractivity contribution in [3.63, 3.8) is 0 Å². The molecule has 2 fully saturated rings. The maximum Gasteiger partial charge on any atom is 0.308 e. The number of hydrogen-bond acceptors (Lipinski definition) is 7. The Kier molecular flexibility index (Phi) is 4.51. The van der Waals surface area contributed by atoms with Crippen LogP contribution in [0.25, 0.3) is 0 Å². The van der Waals surface area contributed by atoms with Gasteiger partial charge in [0.2, 0.25) is 0 Å². The van der Waals surface area contributed by atoms with Crippen molar-refractivity contribution in [2.75, 3.05) is 7.11 Å². The van der Waals surface area contributed by atoms with Crippen molar-refractivity contribution in [2.45, 2.75) is 24.6 Å². The summed E-state index contributed by atoms with van der Waals surface area (Å²) in [4.78, 5) is 22.8. The summed E-state index contributed by atoms with van der Waals surface area (Å²) < 4.78 is 10.7. The molecule has 0 saturated carbocycles. The Labute approximate surface area is 155 Å². The smallest absolute Gasteiger partial charge is 0.308 e. The third kappa shape index (κ3) is 3.24. The summed E-state index contributed by atoms with van der Waals surface area (Å²) in [7, 11) is 1.60. The number of esters is 1. The van der Waals surface area contributed by atoms with Crippen molar-refractivity contribution in [1.29, 1.82) is 0 Å². The molecule has 4 unspecified atom stereocenters. The quantitative estimate of drug-likeness (QED) is 0.485. The van der Waals surface area contributed by atoms with Gasteiger partial charge in [-0.3, -0.25) is 14.9 Å². The molecular formula is C19H19N3O5. The van der Waals surface area contributed by atoms with E-state index in [2.05, 4.69) is 10.9 Å². The number of nitro groups is 1. The van der Waals surface area contributed by atoms with Crippen LogP contribution in [0.3, 0.4) is 0 Å². The number of non-ortho nitro benzene ring substituents is 1. The molecule has 4 atom stereocenters. The monoisotopic (exact) mass is 369 g/mol. The molecular weight excluding hydrogens is 350 g/mol. The van der Waals surface area contributed by atoms with E-state index < -0.39 is 11.2 Å². The summed E-state index contributed by atoms with van der Waals surface area (Å²) >= 11 is 0. The van der Waals surface area contributed by atoms with Crippen LogP contribution in [0.5, 0.6) is 5.75 Å². The standard InChI is InChI=1S/C19H19N3O5/c1-26-14-7-5-11(6-8-14)15-10-16(23)27-19-17(15)18(20-21-19)12-3-2-4-13(9-12)22(24)25/h2-9,15,17-21H,10H2,1H3. The van der Waals surface area contributed by atoms with Gasteiger partial charge in [-0.25, -0.2) is 10.9 Å². The fourth-order valence-electron chi connectivity index (χ4n) is 3.92. The molecule has 0 aromatic heterocycles. The molecule has 0 radical (unpaired) electrons. The highest BCUT2D eigenvalue weighted by atomic mass is 16.6. The molecule has 2 aliphatic heterocycles. The highest BCUT2D eigenvalue weighted by Crippen LogP contribution is 2.45. The van der Waals surface area contributed by atoms with Crippen LogP contribution in [-0.4, -0.2) is 24.2 Å². The van der Waals surface area contributed by atoms with E-state index in [4.69, 9.17) is 9.47 Å². The van der Waals surface area contributed by atoms with Crippen molar-refractivity contribution in [3.8, 4) is 5.75 Å². The number of ether oxygens (including phenoxy) is 2. The van der Waals surface area contributed by atoms with Gasteiger partial charge in [0.25, 0.3) is 5.69 Å². The van der Waals surface area contributed by atoms with E-state index in [1.165, 1.54) is 6.07 Å². The third-order valence-corrected chi connectivity index (χ3v) is 5.21. The van der Waals surface area contributed by atoms with Gasteiger partial charge in [-0.1, -0.05) is 24.3 Å². The second-order valence-electron chi connectivity index (χ2n) is 6.69. The lowest BCUT2D eigenvalue weighted by atomic mass is 9.76. The molecule has 0 aliphatic carbocycles. The lowest BCUT2D eigenvalue weighted by Crippen LogP contribution is -2.42. The number of fused-ring (bicyclic) bond motifs is 1. The van der Waals surface area contributed by atoms with Crippen LogP contribution in [0.15, 0.2) is 48.5 Å². The number of rotatable bonds is 4. The summed E-state index contributed by atoms with van der Waals surface area (Å²) in [5, 5.41) is 11.1. The highest BCUT2D eigenvalue weighted by molar-refractivity contribution is 5.72. The Bertz CT molecular complexity index is 870. The molecule has 8 heteroatoms. The maximum atomic E-state index is 12.1. The molecule has 4 rings (SSSR count). The summed E-state index contributed by atoms with van der Waals surface area (Å²) in [6.07, 6.45) is -0.245. The second kappa shape index (κ2) is 6.98. The van der Waals surface area contributed by atoms with Gasteiger partial charge in [0.05, 0.1) is 24.5 Å². The van der Waals surface area contributed by atoms with Gasteiger partial charge in [0, 0.05) is 24.0 Å². The largest absolute Gasteiger partial charge is 0.497 e. The van der Waals surface area contributed by atoms with Gasteiger partial charge in [-0.05, 0) is 23.3 Å². The van der Waals surface area contributed by atoms with Crippen LogP contribution in [0.1, 0.15) is 29.5 Å². The van der Waals surface area contributed by atoms with E-state index in [-0.39, 0.29) is 36.0 Å². The number of nitro benzene ring substituents is 1. The Morgan fingerprint density at radius 3 is 2.63 bits per heavy atom. The molecule has 2 heterocycles. The number of nitrogens with one attached hydrogen (secondary N) is 2. The zero-order chi connectivity index (χ0) is 19.0. The fourth-order valence-corrected chi connectivity index (χ4v) is 3.92. The SMILES string of the molecule is COc1ccc(C2CC(=O)OC3NNC(c4cccc([N+](=O)[O-])c4)C32)cc1. The zero-order valence-electron chi connectivity index (χ0n) is 14.6. The molecule has 8 nitrogen and oxygen atoms in total. The molecule has 140 valence electrons. The normalized spacial score (nSPS) is 26.9. The number of nitrogens with zero attached hydrogens (tertiary/aromatic N) is 1. The predicted octanol–water partition coefficient (Wildman–Crippen LogP) is 2.43. The lowest BCUT2D eigenvalue weighted by molar-refractivity contribution is -0.384. The number of hydrogen-bond donors (Lipinski definition) is 2. The topological polar surface area (TPSA) is 103 Å². The van der Waals surface area contributed by atoms with Crippen LogP contribution < -0.4 is 15.6 Å². The van der Waals surface area contributed by atoms with Gasteiger partial charge in [0.15, 0.2) is 6.23 Å². The lowest BCUT2D eigenvalue weighted by Gasteiger charge is -2.35. The van der Waals surface area contributed by atoms with Crippen LogP contribution in [0, 0.1) is 16.0 Å². The molecule has 2 aromatic rings. The average Bonchev–Trinajstić information content (AvgIpc) is 3.11. The Morgan fingerprint density at radius 2 is 1.93 bits per heavy atom. The van der Waals surface area contributed by atoms with E-state index in [0.717, 1.165) is 16.9 Å². The first-order valence-corrected chi connectivity index (χ1v) is 8.65. The van der Waals surface area contributed by atoms with Crippen molar-refractivity contribution in [2.24, 2.45) is 5.92 Å². The number of hydrazine groups is 1. The number of methoxy groups -OCH3 is 1. The average molecular weight is 369 g/mol. The van der Waals surface area contributed by atoms with E-state index in [0.29, 0.717) is 0 Å². The minimum absolute atomic E-state index is 0.0338. The molecule has 27 heavy (non-hydrogen) atoms. The number of carbonyl (C=O) groups is 1. The fraction of sp³-hybridized carbons (Fsp3) is 0.316. The molecule has 2 saturated heterocycles. The summed E-state index contributed by atoms with van der Waals surface area (Å²) in [6.45, 7) is 0. The van der Waals surface area contributed by atoms with Crippen molar-refractivity contribution >= 4 is 11.7 Å². The zero-order valence-corrected chi connectivity index (χ0v) is 14.6. The molecule has 2 aliphatic rings. The molecule has 2 aromatic carbocycles. The Hall–Kier alpha value is -2.97. The van der Waals surface area contributed by atoms with Gasteiger partial charge < -0.3 is 9.47 Å². The first-order valence-electron chi connectivity index (χ1n) is 8.65. The van der Waals surface area contributed by atoms with Crippen LogP contribution in [-0.2, 0) is 9.53 Å². The minimum atomic E-state index is -0.498. The highest BCUT2D eigenvalue weighted by Gasteiger charge is 2.48. The van der Waals surface area contributed by atoms with Gasteiger partial charge in [-0.15, -0.1) is 0 Å². The minimum Gasteiger partial charge on any atom is -0.497 e. The van der Waals surface area contributed by atoms with E-state index >= 15 is 0 Å². The first-order chi connectivity index (χ1) is 13.1. The molecule has 0 bridgehead atoms. The summed E-state index contributed by atoms with van der Waals surface area (Å²) in [5.41, 5.74) is 7.99. The second-order valence-corrected chi connectivity index (χ2v) is 6.69. The molecule has 2 N–H and O–H groups in total. The number of carbonyl (C=O) groups excluding carboxylic acids is 1. The van der Waals surface area contributed by atoms with Gasteiger partial charge in [0.1, 0.15) is 5.75 Å². The first kappa shape index (κ1) is 17.4. The Balaban J connectivity index is 1.69. The van der Waals surface area contributed by atoms with E-state index in [1.807, 2.05) is 30.3 Å². The van der Waals surface area contributed by atoms with Gasteiger partial charge >= 0.3 is 5.97 Å². The van der Waals surface area contributed by atoms with Crippen LogP contribution in [0.2, 0.25) is 0 Å².